The molecule has 2 fully saturated rings. The molecule has 0 radical (unpaired) electrons. The van der Waals surface area contributed by atoms with Gasteiger partial charge in [-0.25, -0.2) is 9.97 Å². The van der Waals surface area contributed by atoms with Crippen molar-refractivity contribution in [3.63, 3.8) is 0 Å². The minimum absolute atomic E-state index is 0.462. The molecule has 156 valence electrons. The first kappa shape index (κ1) is 19.4. The zero-order valence-electron chi connectivity index (χ0n) is 17.6. The number of nitrogens with one attached hydrogen (secondary N) is 1. The number of morpholine rings is 1. The molecule has 2 aromatic heterocycles. The highest BCUT2D eigenvalue weighted by Crippen LogP contribution is 2.33. The molecule has 1 N–H and O–H groups in total. The van der Waals surface area contributed by atoms with Crippen LogP contribution in [0.5, 0.6) is 0 Å². The Bertz CT molecular complexity index is 995. The van der Waals surface area contributed by atoms with Gasteiger partial charge in [0.15, 0.2) is 0 Å². The van der Waals surface area contributed by atoms with Crippen LogP contribution in [0, 0.1) is 6.92 Å². The lowest BCUT2D eigenvalue weighted by atomic mass is 9.89. The molecule has 3 aromatic rings. The minimum Gasteiger partial charge on any atom is -0.379 e. The van der Waals surface area contributed by atoms with Gasteiger partial charge in [-0.1, -0.05) is 6.07 Å². The van der Waals surface area contributed by atoms with Gasteiger partial charge in [-0.05, 0) is 67.5 Å². The second-order valence-electron chi connectivity index (χ2n) is 8.39. The lowest BCUT2D eigenvalue weighted by molar-refractivity contribution is 0.00791. The fourth-order valence-corrected chi connectivity index (χ4v) is 4.99. The Morgan fingerprint density at radius 2 is 1.73 bits per heavy atom. The van der Waals surface area contributed by atoms with E-state index in [9.17, 15) is 0 Å². The van der Waals surface area contributed by atoms with Crippen LogP contribution in [-0.2, 0) is 4.74 Å². The van der Waals surface area contributed by atoms with Crippen LogP contribution in [-0.4, -0.2) is 58.2 Å². The van der Waals surface area contributed by atoms with Crippen molar-refractivity contribution in [2.45, 2.75) is 44.7 Å². The first-order chi connectivity index (χ1) is 14.8. The summed E-state index contributed by atoms with van der Waals surface area (Å²) in [6, 6.07) is 9.52. The summed E-state index contributed by atoms with van der Waals surface area (Å²) in [5.41, 5.74) is 4.58. The van der Waals surface area contributed by atoms with Crippen LogP contribution >= 0.6 is 0 Å². The number of nitrogens with zero attached hydrogens (tertiary/aromatic N) is 4. The standard InChI is InChI=1S/C24H29N5O/c1-17-21(18-8-10-25-11-9-18)6-7-22-23(17)24(27-16-26-22)28-19-2-4-20(5-3-19)29-12-14-30-15-13-29/h6-11,16,19-20H,2-5,12-15H2,1H3,(H,26,27,28). The Labute approximate surface area is 177 Å². The molecule has 2 aliphatic rings. The maximum atomic E-state index is 5.51. The zero-order valence-corrected chi connectivity index (χ0v) is 17.6. The molecule has 0 spiro atoms. The Balaban J connectivity index is 1.36. The number of hydrogen-bond acceptors (Lipinski definition) is 6. The Morgan fingerprint density at radius 1 is 0.967 bits per heavy atom. The topological polar surface area (TPSA) is 63.2 Å². The van der Waals surface area contributed by atoms with Gasteiger partial charge in [0.05, 0.1) is 18.7 Å². The fourth-order valence-electron chi connectivity index (χ4n) is 4.99. The van der Waals surface area contributed by atoms with E-state index in [1.165, 1.54) is 42.4 Å². The van der Waals surface area contributed by atoms with E-state index in [-0.39, 0.29) is 0 Å². The largest absolute Gasteiger partial charge is 0.379 e. The van der Waals surface area contributed by atoms with Crippen LogP contribution in [0.25, 0.3) is 22.0 Å². The van der Waals surface area contributed by atoms with Gasteiger partial charge in [0.2, 0.25) is 0 Å². The highest BCUT2D eigenvalue weighted by Gasteiger charge is 2.27. The second-order valence-corrected chi connectivity index (χ2v) is 8.39. The number of aromatic nitrogens is 3. The van der Waals surface area contributed by atoms with Crippen molar-refractivity contribution in [1.29, 1.82) is 0 Å². The van der Waals surface area contributed by atoms with Crippen LogP contribution in [0.1, 0.15) is 31.2 Å². The van der Waals surface area contributed by atoms with Crippen molar-refractivity contribution in [3.05, 3.63) is 48.5 Å². The van der Waals surface area contributed by atoms with Gasteiger partial charge in [-0.3, -0.25) is 9.88 Å². The van der Waals surface area contributed by atoms with E-state index in [0.717, 1.165) is 43.0 Å². The van der Waals surface area contributed by atoms with Crippen LogP contribution < -0.4 is 5.32 Å². The number of anilines is 1. The normalized spacial score (nSPS) is 22.8. The van der Waals surface area contributed by atoms with E-state index in [0.29, 0.717) is 12.1 Å². The van der Waals surface area contributed by atoms with Gasteiger partial charge in [0.1, 0.15) is 12.1 Å². The van der Waals surface area contributed by atoms with Crippen molar-refractivity contribution in [2.24, 2.45) is 0 Å². The fraction of sp³-hybridized carbons (Fsp3) is 0.458. The summed E-state index contributed by atoms with van der Waals surface area (Å²) in [6.45, 7) is 6.09. The number of ether oxygens (including phenoxy) is 1. The van der Waals surface area contributed by atoms with Gasteiger partial charge in [-0.2, -0.15) is 0 Å². The van der Waals surface area contributed by atoms with Crippen molar-refractivity contribution in [2.75, 3.05) is 31.6 Å². The average molecular weight is 404 g/mol. The molecule has 5 rings (SSSR count). The lowest BCUT2D eigenvalue weighted by Gasteiger charge is -2.39. The zero-order chi connectivity index (χ0) is 20.3. The Morgan fingerprint density at radius 3 is 2.50 bits per heavy atom. The van der Waals surface area contributed by atoms with Crippen molar-refractivity contribution in [3.8, 4) is 11.1 Å². The monoisotopic (exact) mass is 403 g/mol. The van der Waals surface area contributed by atoms with E-state index in [2.05, 4.69) is 56.4 Å². The molecule has 0 bridgehead atoms. The number of fused-ring (bicyclic) bond motifs is 1. The maximum absolute atomic E-state index is 5.51. The highest BCUT2D eigenvalue weighted by atomic mass is 16.5. The molecule has 30 heavy (non-hydrogen) atoms. The van der Waals surface area contributed by atoms with E-state index in [1.54, 1.807) is 6.33 Å². The lowest BCUT2D eigenvalue weighted by Crippen LogP contribution is -2.46. The molecule has 6 heteroatoms. The number of aryl methyl sites for hydroxylation is 1. The molecule has 0 unspecified atom stereocenters. The molecule has 6 nitrogen and oxygen atoms in total. The number of hydrogen-bond donors (Lipinski definition) is 1. The highest BCUT2D eigenvalue weighted by molar-refractivity contribution is 5.96. The molecular weight excluding hydrogens is 374 g/mol. The third kappa shape index (κ3) is 3.89. The molecule has 0 amide bonds. The minimum atomic E-state index is 0.462. The Hall–Kier alpha value is -2.57. The first-order valence-electron chi connectivity index (χ1n) is 11.0. The third-order valence-electron chi connectivity index (χ3n) is 6.65. The number of rotatable bonds is 4. The Kier molecular flexibility index (Phi) is 5.60. The predicted octanol–water partition coefficient (Wildman–Crippen LogP) is 4.06. The quantitative estimate of drug-likeness (QED) is 0.709. The molecule has 1 saturated heterocycles. The van der Waals surface area contributed by atoms with Gasteiger partial charge in [0, 0.05) is 43.0 Å². The van der Waals surface area contributed by atoms with E-state index >= 15 is 0 Å². The van der Waals surface area contributed by atoms with Crippen molar-refractivity contribution in [1.82, 2.24) is 19.9 Å². The van der Waals surface area contributed by atoms with Gasteiger partial charge >= 0.3 is 0 Å². The molecule has 1 aliphatic heterocycles. The van der Waals surface area contributed by atoms with E-state index < -0.39 is 0 Å². The molecular formula is C24H29N5O. The second kappa shape index (κ2) is 8.66. The van der Waals surface area contributed by atoms with Gasteiger partial charge in [-0.15, -0.1) is 0 Å². The number of benzene rings is 1. The van der Waals surface area contributed by atoms with Gasteiger partial charge < -0.3 is 10.1 Å². The van der Waals surface area contributed by atoms with Crippen LogP contribution in [0.2, 0.25) is 0 Å². The summed E-state index contributed by atoms with van der Waals surface area (Å²) in [5, 5.41) is 4.89. The van der Waals surface area contributed by atoms with Crippen LogP contribution in [0.4, 0.5) is 5.82 Å². The molecule has 1 aromatic carbocycles. The predicted molar refractivity (Wildman–Crippen MR) is 120 cm³/mol. The summed E-state index contributed by atoms with van der Waals surface area (Å²) in [6.07, 6.45) is 10.2. The van der Waals surface area contributed by atoms with Crippen molar-refractivity contribution >= 4 is 16.7 Å². The van der Waals surface area contributed by atoms with Crippen LogP contribution in [0.3, 0.4) is 0 Å². The molecule has 0 atom stereocenters. The summed E-state index contributed by atoms with van der Waals surface area (Å²) in [4.78, 5) is 15.9. The van der Waals surface area contributed by atoms with E-state index in [1.807, 2.05) is 12.4 Å². The van der Waals surface area contributed by atoms with Crippen molar-refractivity contribution < 1.29 is 4.74 Å². The van der Waals surface area contributed by atoms with Crippen LogP contribution in [0.15, 0.2) is 43.0 Å². The summed E-state index contributed by atoms with van der Waals surface area (Å²) in [7, 11) is 0. The summed E-state index contributed by atoms with van der Waals surface area (Å²) in [5.74, 6) is 0.961. The smallest absolute Gasteiger partial charge is 0.137 e. The molecule has 1 aliphatic carbocycles. The first-order valence-corrected chi connectivity index (χ1v) is 11.0. The number of pyridine rings is 1. The van der Waals surface area contributed by atoms with Gasteiger partial charge in [0.25, 0.3) is 0 Å². The molecule has 3 heterocycles. The summed E-state index contributed by atoms with van der Waals surface area (Å²) < 4.78 is 5.51. The maximum Gasteiger partial charge on any atom is 0.137 e. The van der Waals surface area contributed by atoms with E-state index in [4.69, 9.17) is 4.74 Å². The molecule has 1 saturated carbocycles. The SMILES string of the molecule is Cc1c(-c2ccncc2)ccc2ncnc(NC3CCC(N4CCOCC4)CC3)c12. The average Bonchev–Trinajstić information content (AvgIpc) is 2.81. The third-order valence-corrected chi connectivity index (χ3v) is 6.65. The summed E-state index contributed by atoms with van der Waals surface area (Å²) >= 11 is 0.